The fraction of sp³-hybridized carbons (Fsp3) is 0.333. The second-order valence-electron chi connectivity index (χ2n) is 7.40. The fourth-order valence-corrected chi connectivity index (χ4v) is 3.91. The molecule has 0 amide bonds. The Morgan fingerprint density at radius 1 is 1.07 bits per heavy atom. The Kier molecular flexibility index (Phi) is 5.15. The number of halogens is 3. The molecule has 0 saturated carbocycles. The Labute approximate surface area is 170 Å². The molecule has 0 unspecified atom stereocenters. The van der Waals surface area contributed by atoms with E-state index in [2.05, 4.69) is 4.98 Å². The number of pyridine rings is 1. The summed E-state index contributed by atoms with van der Waals surface area (Å²) in [5.74, 6) is 0. The zero-order valence-electron chi connectivity index (χ0n) is 16.5. The first kappa shape index (κ1) is 20.2. The molecule has 158 valence electrons. The van der Waals surface area contributed by atoms with Crippen LogP contribution in [0.2, 0.25) is 0 Å². The van der Waals surface area contributed by atoms with Crippen molar-refractivity contribution in [1.82, 2.24) is 18.7 Å². The van der Waals surface area contributed by atoms with Crippen LogP contribution in [0, 0.1) is 0 Å². The number of nitrogens with two attached hydrogens (primary N) is 1. The summed E-state index contributed by atoms with van der Waals surface area (Å²) in [6.07, 6.45) is -1.85. The van der Waals surface area contributed by atoms with Crippen molar-refractivity contribution in [3.05, 3.63) is 64.5 Å². The van der Waals surface area contributed by atoms with Crippen molar-refractivity contribution >= 4 is 21.9 Å². The lowest BCUT2D eigenvalue weighted by Gasteiger charge is -2.13. The molecule has 0 fully saturated rings. The molecule has 0 bridgehead atoms. The number of benzene rings is 1. The third-order valence-electron chi connectivity index (χ3n) is 5.40. The van der Waals surface area contributed by atoms with Gasteiger partial charge in [0, 0.05) is 49.4 Å². The summed E-state index contributed by atoms with van der Waals surface area (Å²) >= 11 is 0. The zero-order valence-corrected chi connectivity index (χ0v) is 16.5. The van der Waals surface area contributed by atoms with E-state index in [-0.39, 0.29) is 25.2 Å². The van der Waals surface area contributed by atoms with Gasteiger partial charge in [-0.05, 0) is 36.2 Å². The third kappa shape index (κ3) is 3.72. The minimum Gasteiger partial charge on any atom is -0.343 e. The number of nitrogens with zero attached hydrogens (tertiary/aromatic N) is 4. The van der Waals surface area contributed by atoms with E-state index in [1.54, 1.807) is 34.6 Å². The van der Waals surface area contributed by atoms with Crippen molar-refractivity contribution in [3.8, 4) is 0 Å². The largest absolute Gasteiger partial charge is 0.389 e. The monoisotopic (exact) mass is 417 g/mol. The molecule has 0 aliphatic rings. The van der Waals surface area contributed by atoms with E-state index >= 15 is 0 Å². The Hall–Kier alpha value is -3.07. The van der Waals surface area contributed by atoms with Gasteiger partial charge in [-0.25, -0.2) is 4.79 Å². The maximum atomic E-state index is 12.8. The van der Waals surface area contributed by atoms with Crippen LogP contribution in [-0.2, 0) is 26.7 Å². The van der Waals surface area contributed by atoms with Crippen LogP contribution in [0.5, 0.6) is 0 Å². The van der Waals surface area contributed by atoms with Gasteiger partial charge in [0.05, 0.1) is 23.8 Å². The molecule has 0 aliphatic carbocycles. The molecule has 0 radical (unpaired) electrons. The van der Waals surface area contributed by atoms with Gasteiger partial charge in [-0.3, -0.25) is 14.1 Å². The van der Waals surface area contributed by atoms with Crippen molar-refractivity contribution in [1.29, 1.82) is 0 Å². The molecular weight excluding hydrogens is 395 g/mol. The van der Waals surface area contributed by atoms with Crippen molar-refractivity contribution in [3.63, 3.8) is 0 Å². The minimum absolute atomic E-state index is 0.0368. The summed E-state index contributed by atoms with van der Waals surface area (Å²) < 4.78 is 43.1. The third-order valence-corrected chi connectivity index (χ3v) is 5.40. The molecule has 4 aromatic rings. The van der Waals surface area contributed by atoms with Crippen LogP contribution in [0.4, 0.5) is 13.2 Å². The van der Waals surface area contributed by atoms with Crippen molar-refractivity contribution in [2.24, 2.45) is 12.8 Å². The Morgan fingerprint density at radius 2 is 1.87 bits per heavy atom. The Balaban J connectivity index is 1.79. The van der Waals surface area contributed by atoms with Crippen LogP contribution in [-0.4, -0.2) is 24.9 Å². The maximum absolute atomic E-state index is 12.8. The van der Waals surface area contributed by atoms with Gasteiger partial charge < -0.3 is 10.3 Å². The van der Waals surface area contributed by atoms with Gasteiger partial charge in [0.25, 0.3) is 0 Å². The summed E-state index contributed by atoms with van der Waals surface area (Å²) in [5.41, 5.74) is 9.50. The number of alkyl halides is 3. The van der Waals surface area contributed by atoms with Gasteiger partial charge in [-0.2, -0.15) is 13.2 Å². The van der Waals surface area contributed by atoms with Gasteiger partial charge >= 0.3 is 11.9 Å². The van der Waals surface area contributed by atoms with Gasteiger partial charge in [0.2, 0.25) is 0 Å². The first-order chi connectivity index (χ1) is 14.3. The standard InChI is InChI=1S/C21H22F3N5O/c1-27-18-5-7-26-12-19(18)29(20(27)30)13-16-10-15-9-14(11-25)3-4-17(15)28(16)8-2-6-21(22,23)24/h3-5,7,9-10,12H,2,6,8,11,13,25H2,1H3. The number of imidazole rings is 1. The van der Waals surface area contributed by atoms with Crippen LogP contribution in [0.25, 0.3) is 21.9 Å². The summed E-state index contributed by atoms with van der Waals surface area (Å²) in [7, 11) is 1.69. The van der Waals surface area contributed by atoms with Crippen LogP contribution < -0.4 is 11.4 Å². The average molecular weight is 417 g/mol. The first-order valence-corrected chi connectivity index (χ1v) is 9.65. The van der Waals surface area contributed by atoms with E-state index in [1.165, 1.54) is 0 Å². The summed E-state index contributed by atoms with van der Waals surface area (Å²) in [4.78, 5) is 16.9. The van der Waals surface area contributed by atoms with Crippen LogP contribution >= 0.6 is 0 Å². The fourth-order valence-electron chi connectivity index (χ4n) is 3.91. The number of hydrogen-bond donors (Lipinski definition) is 1. The topological polar surface area (TPSA) is 70.8 Å². The molecule has 1 aromatic carbocycles. The molecule has 3 heterocycles. The van der Waals surface area contributed by atoms with Crippen molar-refractivity contribution in [2.45, 2.75) is 38.7 Å². The molecule has 0 saturated heterocycles. The molecule has 3 aromatic heterocycles. The average Bonchev–Trinajstić information content (AvgIpc) is 3.17. The molecular formula is C21H22F3N5O. The van der Waals surface area contributed by atoms with Crippen molar-refractivity contribution < 1.29 is 13.2 Å². The predicted molar refractivity (Wildman–Crippen MR) is 109 cm³/mol. The van der Waals surface area contributed by atoms with E-state index < -0.39 is 12.6 Å². The predicted octanol–water partition coefficient (Wildman–Crippen LogP) is 3.54. The van der Waals surface area contributed by atoms with Crippen molar-refractivity contribution in [2.75, 3.05) is 0 Å². The zero-order chi connectivity index (χ0) is 21.5. The molecule has 4 rings (SSSR count). The molecule has 0 aliphatic heterocycles. The number of fused-ring (bicyclic) bond motifs is 2. The number of aryl methyl sites for hydroxylation is 2. The van der Waals surface area contributed by atoms with Crippen LogP contribution in [0.15, 0.2) is 47.5 Å². The van der Waals surface area contributed by atoms with Gasteiger partial charge in [-0.15, -0.1) is 0 Å². The van der Waals surface area contributed by atoms with E-state index in [0.29, 0.717) is 12.1 Å². The minimum atomic E-state index is -4.20. The van der Waals surface area contributed by atoms with E-state index in [1.807, 2.05) is 28.8 Å². The highest BCUT2D eigenvalue weighted by atomic mass is 19.4. The highest BCUT2D eigenvalue weighted by Gasteiger charge is 2.26. The number of aromatic nitrogens is 4. The quantitative estimate of drug-likeness (QED) is 0.522. The molecule has 2 N–H and O–H groups in total. The highest BCUT2D eigenvalue weighted by molar-refractivity contribution is 5.82. The smallest absolute Gasteiger partial charge is 0.343 e. The van der Waals surface area contributed by atoms with Gasteiger partial charge in [0.15, 0.2) is 0 Å². The van der Waals surface area contributed by atoms with E-state index in [0.717, 1.165) is 27.7 Å². The van der Waals surface area contributed by atoms with E-state index in [4.69, 9.17) is 5.73 Å². The Morgan fingerprint density at radius 3 is 2.60 bits per heavy atom. The molecule has 30 heavy (non-hydrogen) atoms. The lowest BCUT2D eigenvalue weighted by Crippen LogP contribution is -2.23. The molecule has 9 heteroatoms. The number of hydrogen-bond acceptors (Lipinski definition) is 3. The van der Waals surface area contributed by atoms with Gasteiger partial charge in [0.1, 0.15) is 0 Å². The summed E-state index contributed by atoms with van der Waals surface area (Å²) in [5, 5.41) is 0.895. The first-order valence-electron chi connectivity index (χ1n) is 9.65. The molecule has 6 nitrogen and oxygen atoms in total. The molecule has 0 spiro atoms. The second kappa shape index (κ2) is 7.64. The highest BCUT2D eigenvalue weighted by Crippen LogP contribution is 2.26. The van der Waals surface area contributed by atoms with Crippen LogP contribution in [0.3, 0.4) is 0 Å². The Bertz CT molecular complexity index is 1270. The number of rotatable bonds is 6. The van der Waals surface area contributed by atoms with Gasteiger partial charge in [-0.1, -0.05) is 6.07 Å². The van der Waals surface area contributed by atoms with Crippen LogP contribution in [0.1, 0.15) is 24.1 Å². The maximum Gasteiger partial charge on any atom is 0.389 e. The SMILES string of the molecule is Cn1c(=O)n(Cc2cc3cc(CN)ccc3n2CCCC(F)(F)F)c2cnccc21. The summed E-state index contributed by atoms with van der Waals surface area (Å²) in [6.45, 7) is 0.817. The second-order valence-corrected chi connectivity index (χ2v) is 7.40. The molecule has 0 atom stereocenters. The summed E-state index contributed by atoms with van der Waals surface area (Å²) in [6, 6.07) is 9.37. The normalized spacial score (nSPS) is 12.3. The lowest BCUT2D eigenvalue weighted by atomic mass is 10.1. The lowest BCUT2D eigenvalue weighted by molar-refractivity contribution is -0.135. The van der Waals surface area contributed by atoms with E-state index in [9.17, 15) is 18.0 Å².